The van der Waals surface area contributed by atoms with Gasteiger partial charge in [0.05, 0.1) is 18.3 Å². The summed E-state index contributed by atoms with van der Waals surface area (Å²) in [5.74, 6) is -0.207. The monoisotopic (exact) mass is 196 g/mol. The number of ether oxygens (including phenoxy) is 1. The molecule has 2 rings (SSSR count). The Kier molecular flexibility index (Phi) is 2.45. The second kappa shape index (κ2) is 3.75. The van der Waals surface area contributed by atoms with E-state index in [4.69, 9.17) is 4.74 Å². The van der Waals surface area contributed by atoms with Gasteiger partial charge in [-0.05, 0) is 13.3 Å². The zero-order chi connectivity index (χ0) is 9.97. The molecule has 0 aromatic carbocycles. The summed E-state index contributed by atoms with van der Waals surface area (Å²) in [6.45, 7) is 2.64. The molecule has 1 aliphatic rings. The van der Waals surface area contributed by atoms with Crippen LogP contribution >= 0.6 is 0 Å². The summed E-state index contributed by atoms with van der Waals surface area (Å²) in [4.78, 5) is 11.5. The van der Waals surface area contributed by atoms with E-state index in [0.717, 1.165) is 6.42 Å². The zero-order valence-corrected chi connectivity index (χ0v) is 7.86. The van der Waals surface area contributed by atoms with Gasteiger partial charge < -0.3 is 10.1 Å². The van der Waals surface area contributed by atoms with Gasteiger partial charge in [-0.1, -0.05) is 0 Å². The number of hydrogen-bond acceptors (Lipinski definition) is 4. The first-order valence-electron chi connectivity index (χ1n) is 4.55. The smallest absolute Gasteiger partial charge is 0.273 e. The van der Waals surface area contributed by atoms with Crippen molar-refractivity contribution in [2.24, 2.45) is 0 Å². The van der Waals surface area contributed by atoms with Crippen molar-refractivity contribution < 1.29 is 9.53 Å². The molecular formula is C8H12N4O2. The molecule has 76 valence electrons. The topological polar surface area (TPSA) is 79.9 Å². The molecule has 1 aromatic heterocycles. The Morgan fingerprint density at radius 3 is 3.21 bits per heavy atom. The number of hydrogen-bond donors (Lipinski definition) is 2. The minimum Gasteiger partial charge on any atom is -0.376 e. The Morgan fingerprint density at radius 2 is 2.64 bits per heavy atom. The molecular weight excluding hydrogens is 184 g/mol. The lowest BCUT2D eigenvalue weighted by atomic mass is 10.1. The van der Waals surface area contributed by atoms with Crippen molar-refractivity contribution >= 4 is 5.91 Å². The Hall–Kier alpha value is -1.43. The van der Waals surface area contributed by atoms with Gasteiger partial charge in [0.2, 0.25) is 0 Å². The number of carbonyl (C=O) groups is 1. The first kappa shape index (κ1) is 9.14. The average molecular weight is 196 g/mol. The van der Waals surface area contributed by atoms with Crippen LogP contribution in [0.1, 0.15) is 23.8 Å². The van der Waals surface area contributed by atoms with E-state index in [9.17, 15) is 4.79 Å². The van der Waals surface area contributed by atoms with E-state index < -0.39 is 0 Å². The van der Waals surface area contributed by atoms with Crippen molar-refractivity contribution in [2.45, 2.75) is 25.5 Å². The minimum atomic E-state index is -0.207. The summed E-state index contributed by atoms with van der Waals surface area (Å²) in [7, 11) is 0. The van der Waals surface area contributed by atoms with Gasteiger partial charge in [0.25, 0.3) is 5.91 Å². The second-order valence-electron chi connectivity index (χ2n) is 3.30. The Labute approximate surface area is 81.0 Å². The number of aromatic nitrogens is 3. The van der Waals surface area contributed by atoms with Gasteiger partial charge in [-0.2, -0.15) is 15.4 Å². The number of amides is 1. The number of carbonyl (C=O) groups excluding carboxylic acids is 1. The maximum atomic E-state index is 11.5. The highest BCUT2D eigenvalue weighted by Crippen LogP contribution is 2.12. The summed E-state index contributed by atoms with van der Waals surface area (Å²) >= 11 is 0. The lowest BCUT2D eigenvalue weighted by molar-refractivity contribution is 0.0862. The predicted octanol–water partition coefficient (Wildman–Crippen LogP) is -0.288. The van der Waals surface area contributed by atoms with Crippen LogP contribution < -0.4 is 5.32 Å². The molecule has 2 atom stereocenters. The molecule has 2 N–H and O–H groups in total. The van der Waals surface area contributed by atoms with Gasteiger partial charge in [0, 0.05) is 6.61 Å². The highest BCUT2D eigenvalue weighted by Gasteiger charge is 2.26. The van der Waals surface area contributed by atoms with Gasteiger partial charge in [-0.25, -0.2) is 0 Å². The predicted molar refractivity (Wildman–Crippen MR) is 47.7 cm³/mol. The molecule has 0 spiro atoms. The van der Waals surface area contributed by atoms with E-state index in [1.54, 1.807) is 0 Å². The molecule has 6 nitrogen and oxygen atoms in total. The van der Waals surface area contributed by atoms with Crippen LogP contribution in [0.2, 0.25) is 0 Å². The highest BCUT2D eigenvalue weighted by atomic mass is 16.5. The molecule has 0 saturated carbocycles. The third-order valence-corrected chi connectivity index (χ3v) is 2.34. The van der Waals surface area contributed by atoms with Crippen molar-refractivity contribution in [1.82, 2.24) is 20.7 Å². The van der Waals surface area contributed by atoms with E-state index in [2.05, 4.69) is 20.7 Å². The molecule has 2 unspecified atom stereocenters. The number of H-pyrrole nitrogens is 1. The number of rotatable bonds is 2. The lowest BCUT2D eigenvalue weighted by Crippen LogP contribution is -2.39. The average Bonchev–Trinajstić information content (AvgIpc) is 2.77. The fraction of sp³-hybridized carbons (Fsp3) is 0.625. The van der Waals surface area contributed by atoms with Gasteiger partial charge in [-0.15, -0.1) is 0 Å². The Morgan fingerprint density at radius 1 is 1.79 bits per heavy atom. The van der Waals surface area contributed by atoms with E-state index in [1.165, 1.54) is 6.20 Å². The summed E-state index contributed by atoms with van der Waals surface area (Å²) < 4.78 is 5.33. The summed E-state index contributed by atoms with van der Waals surface area (Å²) in [5, 5.41) is 12.5. The summed E-state index contributed by atoms with van der Waals surface area (Å²) in [6.07, 6.45) is 2.33. The van der Waals surface area contributed by atoms with E-state index >= 15 is 0 Å². The van der Waals surface area contributed by atoms with Crippen LogP contribution in [-0.4, -0.2) is 40.1 Å². The van der Waals surface area contributed by atoms with Crippen LogP contribution in [0.4, 0.5) is 0 Å². The summed E-state index contributed by atoms with van der Waals surface area (Å²) in [6, 6.07) is 0.0826. The Balaban J connectivity index is 1.95. The molecule has 1 amide bonds. The van der Waals surface area contributed by atoms with Crippen molar-refractivity contribution in [3.05, 3.63) is 11.9 Å². The first-order valence-corrected chi connectivity index (χ1v) is 4.55. The minimum absolute atomic E-state index is 0.0749. The molecule has 1 aromatic rings. The van der Waals surface area contributed by atoms with Gasteiger partial charge in [-0.3, -0.25) is 4.79 Å². The van der Waals surface area contributed by atoms with Crippen LogP contribution in [0, 0.1) is 0 Å². The van der Waals surface area contributed by atoms with Gasteiger partial charge >= 0.3 is 0 Å². The highest BCUT2D eigenvalue weighted by molar-refractivity contribution is 5.92. The number of aromatic amines is 1. The lowest BCUT2D eigenvalue weighted by Gasteiger charge is -2.14. The molecule has 1 saturated heterocycles. The molecule has 6 heteroatoms. The standard InChI is InChI=1S/C8H12N4O2/c1-5-6(2-3-14-5)10-8(13)7-4-9-12-11-7/h4-6H,2-3H2,1H3,(H,10,13)(H,9,11,12). The van der Waals surface area contributed by atoms with Gasteiger partial charge in [0.15, 0.2) is 5.69 Å². The molecule has 1 aliphatic heterocycles. The maximum Gasteiger partial charge on any atom is 0.273 e. The van der Waals surface area contributed by atoms with Crippen molar-refractivity contribution in [3.63, 3.8) is 0 Å². The van der Waals surface area contributed by atoms with Crippen LogP contribution in [0.3, 0.4) is 0 Å². The third-order valence-electron chi connectivity index (χ3n) is 2.34. The van der Waals surface area contributed by atoms with Crippen LogP contribution in [-0.2, 0) is 4.74 Å². The molecule has 14 heavy (non-hydrogen) atoms. The first-order chi connectivity index (χ1) is 6.77. The molecule has 2 heterocycles. The van der Waals surface area contributed by atoms with Crippen molar-refractivity contribution in [3.8, 4) is 0 Å². The fourth-order valence-corrected chi connectivity index (χ4v) is 1.47. The van der Waals surface area contributed by atoms with Crippen molar-refractivity contribution in [2.75, 3.05) is 6.61 Å². The van der Waals surface area contributed by atoms with Crippen LogP contribution in [0.15, 0.2) is 6.20 Å². The van der Waals surface area contributed by atoms with Crippen LogP contribution in [0.25, 0.3) is 0 Å². The third kappa shape index (κ3) is 1.74. The molecule has 1 fully saturated rings. The Bertz CT molecular complexity index is 311. The van der Waals surface area contributed by atoms with E-state index in [-0.39, 0.29) is 18.1 Å². The van der Waals surface area contributed by atoms with Crippen molar-refractivity contribution in [1.29, 1.82) is 0 Å². The van der Waals surface area contributed by atoms with E-state index in [1.807, 2.05) is 6.92 Å². The quantitative estimate of drug-likeness (QED) is 0.681. The summed E-state index contributed by atoms with van der Waals surface area (Å²) in [5.41, 5.74) is 0.309. The largest absolute Gasteiger partial charge is 0.376 e. The molecule has 0 aliphatic carbocycles. The number of nitrogens with one attached hydrogen (secondary N) is 2. The number of nitrogens with zero attached hydrogens (tertiary/aromatic N) is 2. The molecule has 0 radical (unpaired) electrons. The zero-order valence-electron chi connectivity index (χ0n) is 7.86. The molecule has 0 bridgehead atoms. The maximum absolute atomic E-state index is 11.5. The van der Waals surface area contributed by atoms with Crippen LogP contribution in [0.5, 0.6) is 0 Å². The normalized spacial score (nSPS) is 26.4. The van der Waals surface area contributed by atoms with E-state index in [0.29, 0.717) is 12.3 Å². The van der Waals surface area contributed by atoms with Gasteiger partial charge in [0.1, 0.15) is 0 Å². The SMILES string of the molecule is CC1OCCC1NC(=O)c1cn[nH]n1. The second-order valence-corrected chi connectivity index (χ2v) is 3.30. The fourth-order valence-electron chi connectivity index (χ4n) is 1.47.